The maximum absolute atomic E-state index is 12.1. The molecule has 8 aromatic heterocycles. The zero-order chi connectivity index (χ0) is 102. The molecule has 8 aromatic carbocycles. The molecule has 2 aliphatic carbocycles. The van der Waals surface area contributed by atoms with Gasteiger partial charge in [0.1, 0.15) is 53.2 Å². The summed E-state index contributed by atoms with van der Waals surface area (Å²) in [6.45, 7) is 19.3. The first-order valence-corrected chi connectivity index (χ1v) is 46.7. The molecule has 8 heterocycles. The lowest BCUT2D eigenvalue weighted by Crippen LogP contribution is -2.23. The number of benzene rings is 8. The maximum Gasteiger partial charge on any atom is 0.405 e. The Hall–Kier alpha value is -14.5. The Morgan fingerprint density at radius 1 is 0.407 bits per heavy atom. The van der Waals surface area contributed by atoms with Gasteiger partial charge in [0, 0.05) is 172 Å². The van der Waals surface area contributed by atoms with Crippen LogP contribution in [0, 0.1) is 66.7 Å². The van der Waals surface area contributed by atoms with Crippen LogP contribution in [0.25, 0.3) is 87.1 Å². The van der Waals surface area contributed by atoms with Crippen molar-refractivity contribution < 1.29 is 13.2 Å². The fourth-order valence-corrected chi connectivity index (χ4v) is 15.3. The minimum Gasteiger partial charge on any atom is -0.387 e. The lowest BCUT2D eigenvalue weighted by atomic mass is 10.1. The number of anilines is 7. The second-order valence-electron chi connectivity index (χ2n) is 35.1. The Bertz CT molecular complexity index is 7800. The highest BCUT2D eigenvalue weighted by Crippen LogP contribution is 2.32. The normalized spacial score (nSPS) is 12.0. The van der Waals surface area contributed by atoms with Gasteiger partial charge in [-0.15, -0.1) is 0 Å². The quantitative estimate of drug-likeness (QED) is 0.0310. The van der Waals surface area contributed by atoms with Gasteiger partial charge in [0.2, 0.25) is 0 Å². The summed E-state index contributed by atoms with van der Waals surface area (Å²) in [6.07, 6.45) is 1.92. The van der Waals surface area contributed by atoms with Crippen LogP contribution in [0.5, 0.6) is 0 Å². The standard InChI is InChI=1S/C14H20N4O.C14H17N3O.C13H16N4O.C13H15N3O.C13H17N3O.C12H13BrN2O.C12H12F3N3O.C11H12ClN3O/c1-10-16-13-9-11(15-7-8-17(2)3)5-6-12(13)14(19)18(10)4;1-9-16-13-7-11(15-8-10-3-4-10)5-6-12(13)14(18)17(9)2;1-8-15-11-7-9(12(14)16(2)3)5-6-10(11)13(18)17(8)4;1-8-14-12-7-10(15-9-3-4-9)5-6-11(12)13(17)16(8)2;1-4-7-14-10-5-6-11-12(8-10)15-9(2)16(3)13(11)17;1-7-4-8-5-11(14-2)10(13)6-9(8)12(16)15(7)3;1-7-17-10-5-8(16-6-12(13,14)15)3-4-9(10)11(19)18(7)2;1-6-14-9-5-10(13-2)8(12)4-7(9)11(16)15(6)3/h5-6,9,15H,7-8H2,1-4H3;5-7,10,15H,3-4,8H2,1-2H3;5-7,14H,1-4H3;5-7,9,15H,3-4H2,1-2H3;5-6,8,14H,4,7H2,1-3H3;4-6,14H,1-3H3;3-5,16H,6H2,1-2H3;4-5,13H,1-3H3. The molecule has 38 heteroatoms. The molecule has 0 radical (unpaired) electrons. The zero-order valence-corrected chi connectivity index (χ0v) is 85.6. The number of nitrogens with one attached hydrogen (secondary N) is 8. The van der Waals surface area contributed by atoms with Gasteiger partial charge in [0.05, 0.1) is 87.0 Å². The Balaban J connectivity index is 0.000000153. The number of aryl methyl sites for hydroxylation is 8. The third kappa shape index (κ3) is 26.1. The smallest absolute Gasteiger partial charge is 0.387 e. The molecule has 2 fully saturated rings. The van der Waals surface area contributed by atoms with E-state index in [2.05, 4.69) is 99.9 Å². The lowest BCUT2D eigenvalue weighted by molar-refractivity contribution is -0.115. The number of nitrogens with zero attached hydrogens (tertiary/aromatic N) is 17. The van der Waals surface area contributed by atoms with Crippen molar-refractivity contribution in [3.05, 3.63) is 284 Å². The van der Waals surface area contributed by atoms with E-state index in [-0.39, 0.29) is 50.2 Å². The average Bonchev–Trinajstić information content (AvgIpc) is 1.60. The molecule has 0 spiro atoms. The summed E-state index contributed by atoms with van der Waals surface area (Å²) in [5, 5.41) is 36.1. The lowest BCUT2D eigenvalue weighted by Gasteiger charge is -2.14. The molecule has 0 aliphatic heterocycles. The fraction of sp³-hybridized carbons (Fsp3) is 0.353. The van der Waals surface area contributed by atoms with Gasteiger partial charge < -0.3 is 51.6 Å². The number of rotatable bonds is 17. The van der Waals surface area contributed by atoms with E-state index in [1.165, 1.54) is 57.6 Å². The van der Waals surface area contributed by atoms with Crippen LogP contribution in [0.4, 0.5) is 53.0 Å². The zero-order valence-electron chi connectivity index (χ0n) is 83.3. The van der Waals surface area contributed by atoms with Crippen LogP contribution < -0.4 is 81.7 Å². The maximum atomic E-state index is 12.1. The van der Waals surface area contributed by atoms with Crippen LogP contribution in [0.15, 0.2) is 182 Å². The highest BCUT2D eigenvalue weighted by atomic mass is 79.9. The molecular weight excluding hydrogens is 1880 g/mol. The van der Waals surface area contributed by atoms with Crippen molar-refractivity contribution in [2.45, 2.75) is 107 Å². The number of amidine groups is 1. The van der Waals surface area contributed by atoms with Crippen LogP contribution in [-0.4, -0.2) is 174 Å². The van der Waals surface area contributed by atoms with E-state index in [0.717, 1.165) is 145 Å². The molecule has 33 nitrogen and oxygen atoms in total. The summed E-state index contributed by atoms with van der Waals surface area (Å²) >= 11 is 9.47. The van der Waals surface area contributed by atoms with Gasteiger partial charge in [-0.1, -0.05) is 24.6 Å². The number of pyridine rings is 1. The van der Waals surface area contributed by atoms with Gasteiger partial charge in [-0.05, 0) is 262 Å². The Morgan fingerprint density at radius 3 is 1.10 bits per heavy atom. The summed E-state index contributed by atoms with van der Waals surface area (Å²) in [7, 11) is 25.1. The van der Waals surface area contributed by atoms with E-state index in [1.54, 1.807) is 142 Å². The molecule has 140 heavy (non-hydrogen) atoms. The number of hydrogen-bond donors (Lipinski definition) is 8. The third-order valence-corrected chi connectivity index (χ3v) is 25.2. The molecule has 0 bridgehead atoms. The fourth-order valence-electron chi connectivity index (χ4n) is 14.5. The van der Waals surface area contributed by atoms with Gasteiger partial charge in [0.15, 0.2) is 0 Å². The number of halogens is 5. The second-order valence-corrected chi connectivity index (χ2v) is 36.3. The highest BCUT2D eigenvalue weighted by Gasteiger charge is 2.27. The molecule has 2 aliphatic rings. The van der Waals surface area contributed by atoms with Gasteiger partial charge in [-0.3, -0.25) is 75.7 Å². The molecule has 0 amide bonds. The first kappa shape index (κ1) is 106. The number of likely N-dealkylation sites (N-methyl/N-ethyl adjacent to an activating group) is 1. The van der Waals surface area contributed by atoms with Crippen molar-refractivity contribution in [1.82, 2.24) is 81.2 Å². The van der Waals surface area contributed by atoms with E-state index in [1.807, 2.05) is 161 Å². The molecule has 16 aromatic rings. The van der Waals surface area contributed by atoms with E-state index in [9.17, 15) is 51.5 Å². The minimum absolute atomic E-state index is 0.00217. The molecule has 0 atom stereocenters. The molecule has 2 saturated carbocycles. The van der Waals surface area contributed by atoms with Crippen molar-refractivity contribution in [3.8, 4) is 0 Å². The Morgan fingerprint density at radius 2 is 0.743 bits per heavy atom. The van der Waals surface area contributed by atoms with Gasteiger partial charge in [-0.25, -0.2) is 34.9 Å². The van der Waals surface area contributed by atoms with Crippen molar-refractivity contribution in [2.24, 2.45) is 62.3 Å². The molecular formula is C102H122BrClF3N25O8. The predicted octanol–water partition coefficient (Wildman–Crippen LogP) is 15.1. The first-order valence-electron chi connectivity index (χ1n) is 45.6. The van der Waals surface area contributed by atoms with Crippen LogP contribution in [-0.2, 0) is 56.4 Å². The van der Waals surface area contributed by atoms with E-state index in [4.69, 9.17) is 17.0 Å². The third-order valence-electron chi connectivity index (χ3n) is 24.2. The number of aromatic nitrogens is 15. The predicted molar refractivity (Wildman–Crippen MR) is 567 cm³/mol. The number of hydrogen-bond acceptors (Lipinski definition) is 24. The van der Waals surface area contributed by atoms with Gasteiger partial charge in [0.25, 0.3) is 44.5 Å². The summed E-state index contributed by atoms with van der Waals surface area (Å²) < 4.78 is 49.6. The monoisotopic (exact) mass is 2000 g/mol. The second kappa shape index (κ2) is 45.9. The van der Waals surface area contributed by atoms with E-state index >= 15 is 0 Å². The van der Waals surface area contributed by atoms with E-state index in [0.29, 0.717) is 88.6 Å². The number of alkyl halides is 3. The van der Waals surface area contributed by atoms with Crippen LogP contribution >= 0.6 is 27.5 Å². The van der Waals surface area contributed by atoms with Crippen molar-refractivity contribution >= 4 is 160 Å². The molecule has 738 valence electrons. The van der Waals surface area contributed by atoms with Gasteiger partial charge >= 0.3 is 6.18 Å². The summed E-state index contributed by atoms with van der Waals surface area (Å²) in [4.78, 5) is 131. The topological polar surface area (TPSA) is 381 Å². The SMILES string of the molecule is CCCNc1ccc2c(=O)n(C)c(C)nc2c1.CNc1cc2cc(C)n(C)c(=O)c2cc1Br.CNc1cc2nc(C)n(C)c(=O)c2cc1Cl.Cc1nc2cc(C(=N)N(C)C)ccc2c(=O)n1C.Cc1nc2cc(NC3CC3)ccc2c(=O)n1C.Cc1nc2cc(NCC(F)(F)F)ccc2c(=O)n1C.Cc1nc2cc(NCC3CC3)ccc2c(=O)n1C.Cc1nc2cc(NCCN(C)C)ccc2c(=O)n1C. The van der Waals surface area contributed by atoms with Crippen molar-refractivity contribution in [2.75, 3.05) is 112 Å². The summed E-state index contributed by atoms with van der Waals surface area (Å²) in [5.41, 5.74) is 12.3. The van der Waals surface area contributed by atoms with Crippen molar-refractivity contribution in [1.29, 1.82) is 5.41 Å². The number of fused-ring (bicyclic) bond motifs is 8. The molecule has 0 unspecified atom stereocenters. The molecule has 8 N–H and O–H groups in total. The molecule has 0 saturated heterocycles. The van der Waals surface area contributed by atoms with Crippen LogP contribution in [0.2, 0.25) is 5.02 Å². The van der Waals surface area contributed by atoms with Gasteiger partial charge in [-0.2, -0.15) is 13.2 Å². The minimum atomic E-state index is -4.29. The highest BCUT2D eigenvalue weighted by molar-refractivity contribution is 9.10. The first-order chi connectivity index (χ1) is 66.2. The average molecular weight is 2000 g/mol. The largest absolute Gasteiger partial charge is 0.405 e. The van der Waals surface area contributed by atoms with Crippen LogP contribution in [0.1, 0.15) is 91.1 Å². The Labute approximate surface area is 820 Å². The Kier molecular flexibility index (Phi) is 34.7. The van der Waals surface area contributed by atoms with Crippen molar-refractivity contribution in [3.63, 3.8) is 0 Å². The van der Waals surface area contributed by atoms with E-state index < -0.39 is 12.7 Å². The molecule has 18 rings (SSSR count). The van der Waals surface area contributed by atoms with Crippen LogP contribution in [0.3, 0.4) is 0 Å². The summed E-state index contributed by atoms with van der Waals surface area (Å²) in [6, 6.07) is 42.5. The summed E-state index contributed by atoms with van der Waals surface area (Å²) in [5.74, 6) is 6.03.